The van der Waals surface area contributed by atoms with Crippen molar-refractivity contribution in [2.75, 3.05) is 13.7 Å². The van der Waals surface area contributed by atoms with Gasteiger partial charge in [0.05, 0.1) is 13.0 Å². The number of fused-ring (bicyclic) bond motifs is 1. The van der Waals surface area contributed by atoms with E-state index in [2.05, 4.69) is 10.6 Å². The predicted octanol–water partition coefficient (Wildman–Crippen LogP) is 1.47. The third-order valence-corrected chi connectivity index (χ3v) is 5.82. The number of nitrogens with one attached hydrogen (secondary N) is 2. The molecule has 1 aliphatic carbocycles. The second-order valence-electron chi connectivity index (χ2n) is 7.83. The second-order valence-corrected chi connectivity index (χ2v) is 7.83. The summed E-state index contributed by atoms with van der Waals surface area (Å²) >= 11 is 0. The Morgan fingerprint density at radius 3 is 2.80 bits per heavy atom. The van der Waals surface area contributed by atoms with E-state index in [1.54, 1.807) is 6.07 Å². The minimum Gasteiger partial charge on any atom is -0.469 e. The predicted molar refractivity (Wildman–Crippen MR) is 114 cm³/mol. The van der Waals surface area contributed by atoms with Gasteiger partial charge in [0.1, 0.15) is 6.04 Å². The average molecular weight is 415 g/mol. The molecule has 162 valence electrons. The quantitative estimate of drug-likeness (QED) is 0.566. The molecule has 3 rings (SSSR count). The molecule has 3 atom stereocenters. The molecule has 0 unspecified atom stereocenters. The van der Waals surface area contributed by atoms with Crippen molar-refractivity contribution >= 4 is 28.7 Å². The Hall–Kier alpha value is -2.87. The van der Waals surface area contributed by atoms with Gasteiger partial charge < -0.3 is 25.7 Å². The van der Waals surface area contributed by atoms with Gasteiger partial charge in [0, 0.05) is 30.4 Å². The summed E-state index contributed by atoms with van der Waals surface area (Å²) in [7, 11) is 3.27. The minimum absolute atomic E-state index is 0.276. The van der Waals surface area contributed by atoms with Gasteiger partial charge in [0.15, 0.2) is 0 Å². The van der Waals surface area contributed by atoms with Crippen LogP contribution in [0, 0.1) is 5.92 Å². The van der Waals surface area contributed by atoms with Crippen LogP contribution in [0.15, 0.2) is 30.5 Å². The van der Waals surface area contributed by atoms with E-state index in [9.17, 15) is 14.4 Å². The number of methoxy groups -OCH3 is 1. The summed E-state index contributed by atoms with van der Waals surface area (Å²) in [6, 6.07) is 6.44. The number of amides is 2. The molecule has 0 spiro atoms. The van der Waals surface area contributed by atoms with Crippen LogP contribution in [-0.2, 0) is 21.4 Å². The molecule has 1 heterocycles. The van der Waals surface area contributed by atoms with Crippen molar-refractivity contribution in [1.82, 2.24) is 15.2 Å². The molecule has 1 saturated carbocycles. The van der Waals surface area contributed by atoms with Crippen LogP contribution < -0.4 is 16.4 Å². The molecular formula is C22H30N4O4. The largest absolute Gasteiger partial charge is 0.469 e. The molecule has 0 saturated heterocycles. The van der Waals surface area contributed by atoms with E-state index in [0.29, 0.717) is 37.8 Å². The Labute approximate surface area is 176 Å². The Balaban J connectivity index is 1.71. The zero-order valence-corrected chi connectivity index (χ0v) is 17.5. The van der Waals surface area contributed by atoms with E-state index >= 15 is 0 Å². The number of hydrogen-bond acceptors (Lipinski definition) is 5. The summed E-state index contributed by atoms with van der Waals surface area (Å²) < 4.78 is 6.80. The third kappa shape index (κ3) is 4.81. The fourth-order valence-electron chi connectivity index (χ4n) is 4.09. The first-order valence-corrected chi connectivity index (χ1v) is 10.4. The molecule has 0 aliphatic heterocycles. The molecule has 0 radical (unpaired) electrons. The molecule has 1 aromatic heterocycles. The molecule has 4 N–H and O–H groups in total. The second kappa shape index (κ2) is 9.75. The minimum atomic E-state index is -0.718. The topological polar surface area (TPSA) is 115 Å². The number of aryl methyl sites for hydroxylation is 1. The van der Waals surface area contributed by atoms with Crippen molar-refractivity contribution < 1.29 is 19.1 Å². The maximum atomic E-state index is 12.9. The zero-order chi connectivity index (χ0) is 21.7. The summed E-state index contributed by atoms with van der Waals surface area (Å²) in [6.45, 7) is 0.420. The molecule has 1 aromatic carbocycles. The van der Waals surface area contributed by atoms with Crippen molar-refractivity contribution in [3.05, 3.63) is 36.0 Å². The van der Waals surface area contributed by atoms with Gasteiger partial charge in [-0.25, -0.2) is 0 Å². The first-order valence-electron chi connectivity index (χ1n) is 10.4. The molecule has 2 aromatic rings. The zero-order valence-electron chi connectivity index (χ0n) is 17.5. The number of carbonyl (C=O) groups excluding carboxylic acids is 3. The van der Waals surface area contributed by atoms with Gasteiger partial charge in [0.2, 0.25) is 5.91 Å². The SMILES string of the molecule is COC(=O)[C@@H]1CCC[C@@H]1NC(=O)[C@H](CCCN)NC(=O)c1ccc2ccn(C)c2c1. The summed E-state index contributed by atoms with van der Waals surface area (Å²) in [4.78, 5) is 37.7. The van der Waals surface area contributed by atoms with E-state index in [1.807, 2.05) is 36.0 Å². The number of hydrogen-bond donors (Lipinski definition) is 3. The smallest absolute Gasteiger partial charge is 0.310 e. The van der Waals surface area contributed by atoms with Crippen LogP contribution in [0.3, 0.4) is 0 Å². The van der Waals surface area contributed by atoms with Crippen molar-refractivity contribution in [1.29, 1.82) is 0 Å². The van der Waals surface area contributed by atoms with Gasteiger partial charge in [-0.15, -0.1) is 0 Å². The standard InChI is InChI=1S/C22H30N4O4/c1-26-12-10-14-8-9-15(13-19(14)26)20(27)25-18(7-4-11-23)21(28)24-17-6-3-5-16(17)22(29)30-2/h8-10,12-13,16-18H,3-7,11,23H2,1-2H3,(H,24,28)(H,25,27)/t16-,17+,18+/m1/s1. The number of nitrogens with two attached hydrogens (primary N) is 1. The Bertz CT molecular complexity index is 923. The van der Waals surface area contributed by atoms with E-state index in [1.165, 1.54) is 7.11 Å². The van der Waals surface area contributed by atoms with Gasteiger partial charge in [-0.1, -0.05) is 12.5 Å². The van der Waals surface area contributed by atoms with Crippen molar-refractivity contribution in [2.45, 2.75) is 44.2 Å². The fraction of sp³-hybridized carbons (Fsp3) is 0.500. The number of rotatable bonds is 8. The molecule has 8 heteroatoms. The van der Waals surface area contributed by atoms with Crippen LogP contribution in [0.25, 0.3) is 10.9 Å². The molecular weight excluding hydrogens is 384 g/mol. The van der Waals surface area contributed by atoms with Gasteiger partial charge in [-0.3, -0.25) is 14.4 Å². The van der Waals surface area contributed by atoms with Crippen molar-refractivity contribution in [2.24, 2.45) is 18.7 Å². The molecule has 0 bridgehead atoms. The lowest BCUT2D eigenvalue weighted by atomic mass is 10.0. The number of esters is 1. The maximum absolute atomic E-state index is 12.9. The summed E-state index contributed by atoms with van der Waals surface area (Å²) in [5, 5.41) is 6.83. The summed E-state index contributed by atoms with van der Waals surface area (Å²) in [5.41, 5.74) is 7.05. The van der Waals surface area contributed by atoms with Gasteiger partial charge in [-0.2, -0.15) is 0 Å². The number of nitrogens with zero attached hydrogens (tertiary/aromatic N) is 1. The highest BCUT2D eigenvalue weighted by Crippen LogP contribution is 2.27. The van der Waals surface area contributed by atoms with Crippen LogP contribution in [0.1, 0.15) is 42.5 Å². The highest BCUT2D eigenvalue weighted by molar-refractivity contribution is 6.00. The lowest BCUT2D eigenvalue weighted by molar-refractivity contribution is -0.146. The first kappa shape index (κ1) is 21.8. The van der Waals surface area contributed by atoms with Crippen molar-refractivity contribution in [3.8, 4) is 0 Å². The van der Waals surface area contributed by atoms with Gasteiger partial charge in [0.25, 0.3) is 5.91 Å². The van der Waals surface area contributed by atoms with Crippen LogP contribution >= 0.6 is 0 Å². The number of benzene rings is 1. The lowest BCUT2D eigenvalue weighted by Crippen LogP contribution is -2.51. The summed E-state index contributed by atoms with van der Waals surface area (Å²) in [6.07, 6.45) is 5.21. The Morgan fingerprint density at radius 2 is 2.07 bits per heavy atom. The van der Waals surface area contributed by atoms with E-state index in [0.717, 1.165) is 17.3 Å². The van der Waals surface area contributed by atoms with E-state index < -0.39 is 6.04 Å². The lowest BCUT2D eigenvalue weighted by Gasteiger charge is -2.24. The highest BCUT2D eigenvalue weighted by Gasteiger charge is 2.36. The first-order chi connectivity index (χ1) is 14.4. The van der Waals surface area contributed by atoms with Gasteiger partial charge in [-0.05, 0) is 55.8 Å². The van der Waals surface area contributed by atoms with Crippen LogP contribution in [0.2, 0.25) is 0 Å². The number of carbonyl (C=O) groups is 3. The average Bonchev–Trinajstić information content (AvgIpc) is 3.36. The molecule has 2 amide bonds. The van der Waals surface area contributed by atoms with E-state index in [4.69, 9.17) is 10.5 Å². The molecule has 30 heavy (non-hydrogen) atoms. The van der Waals surface area contributed by atoms with Crippen LogP contribution in [-0.4, -0.2) is 48.1 Å². The fourth-order valence-corrected chi connectivity index (χ4v) is 4.09. The highest BCUT2D eigenvalue weighted by atomic mass is 16.5. The number of ether oxygens (including phenoxy) is 1. The monoisotopic (exact) mass is 414 g/mol. The normalized spacial score (nSPS) is 19.4. The van der Waals surface area contributed by atoms with Gasteiger partial charge >= 0.3 is 5.97 Å². The van der Waals surface area contributed by atoms with Crippen molar-refractivity contribution in [3.63, 3.8) is 0 Å². The van der Waals surface area contributed by atoms with Crippen LogP contribution in [0.5, 0.6) is 0 Å². The summed E-state index contributed by atoms with van der Waals surface area (Å²) in [5.74, 6) is -1.26. The Morgan fingerprint density at radius 1 is 1.27 bits per heavy atom. The molecule has 8 nitrogen and oxygen atoms in total. The van der Waals surface area contributed by atoms with E-state index in [-0.39, 0.29) is 29.7 Å². The molecule has 1 aliphatic rings. The number of aromatic nitrogens is 1. The molecule has 1 fully saturated rings. The third-order valence-electron chi connectivity index (χ3n) is 5.82. The Kier molecular flexibility index (Phi) is 7.10. The van der Waals surface area contributed by atoms with Crippen LogP contribution in [0.4, 0.5) is 0 Å². The maximum Gasteiger partial charge on any atom is 0.310 e.